The molecule has 0 bridgehead atoms. The number of aliphatic hydroxyl groups excluding tert-OH is 1. The van der Waals surface area contributed by atoms with Gasteiger partial charge in [0.1, 0.15) is 5.69 Å². The second kappa shape index (κ2) is 6.92. The number of nitrogens with one attached hydrogen (secondary N) is 1. The molecule has 1 aromatic heterocycles. The zero-order valence-corrected chi connectivity index (χ0v) is 9.22. The number of aromatic nitrogens is 1. The summed E-state index contributed by atoms with van der Waals surface area (Å²) in [5.74, 6) is -0.254. The van der Waals surface area contributed by atoms with Gasteiger partial charge in [-0.05, 0) is 18.6 Å². The SMILES string of the molecule is COCC(CCO)NC(=O)c1ccccn1. The number of carbonyl (C=O) groups excluding carboxylic acids is 1. The summed E-state index contributed by atoms with van der Waals surface area (Å²) in [5.41, 5.74) is 0.363. The molecule has 0 fully saturated rings. The van der Waals surface area contributed by atoms with E-state index in [9.17, 15) is 4.79 Å². The van der Waals surface area contributed by atoms with E-state index >= 15 is 0 Å². The van der Waals surface area contributed by atoms with Crippen LogP contribution in [-0.2, 0) is 4.74 Å². The molecule has 5 nitrogen and oxygen atoms in total. The number of amides is 1. The van der Waals surface area contributed by atoms with E-state index < -0.39 is 0 Å². The monoisotopic (exact) mass is 224 g/mol. The first-order valence-electron chi connectivity index (χ1n) is 5.09. The van der Waals surface area contributed by atoms with Crippen molar-refractivity contribution in [2.75, 3.05) is 20.3 Å². The average Bonchev–Trinajstić information content (AvgIpc) is 2.31. The van der Waals surface area contributed by atoms with Crippen LogP contribution in [0.3, 0.4) is 0 Å². The minimum atomic E-state index is -0.254. The molecular weight excluding hydrogens is 208 g/mol. The van der Waals surface area contributed by atoms with Crippen molar-refractivity contribution in [1.82, 2.24) is 10.3 Å². The zero-order chi connectivity index (χ0) is 11.8. The van der Waals surface area contributed by atoms with E-state index in [-0.39, 0.29) is 18.6 Å². The molecule has 0 aliphatic carbocycles. The van der Waals surface area contributed by atoms with Crippen molar-refractivity contribution in [3.63, 3.8) is 0 Å². The lowest BCUT2D eigenvalue weighted by molar-refractivity contribution is 0.0874. The molecule has 1 atom stereocenters. The highest BCUT2D eigenvalue weighted by Crippen LogP contribution is 1.97. The van der Waals surface area contributed by atoms with Gasteiger partial charge in [-0.15, -0.1) is 0 Å². The Morgan fingerprint density at radius 2 is 2.44 bits per heavy atom. The average molecular weight is 224 g/mol. The molecule has 16 heavy (non-hydrogen) atoms. The first-order chi connectivity index (χ1) is 7.77. The molecule has 1 unspecified atom stereocenters. The molecule has 0 aliphatic heterocycles. The fraction of sp³-hybridized carbons (Fsp3) is 0.455. The minimum Gasteiger partial charge on any atom is -0.396 e. The maximum Gasteiger partial charge on any atom is 0.270 e. The van der Waals surface area contributed by atoms with E-state index in [1.807, 2.05) is 0 Å². The van der Waals surface area contributed by atoms with Crippen LogP contribution in [0.4, 0.5) is 0 Å². The quantitative estimate of drug-likeness (QED) is 0.724. The topological polar surface area (TPSA) is 71.5 Å². The number of nitrogens with zero attached hydrogens (tertiary/aromatic N) is 1. The van der Waals surface area contributed by atoms with Gasteiger partial charge in [0, 0.05) is 19.9 Å². The van der Waals surface area contributed by atoms with Crippen molar-refractivity contribution in [2.24, 2.45) is 0 Å². The lowest BCUT2D eigenvalue weighted by Crippen LogP contribution is -2.39. The molecule has 0 radical (unpaired) electrons. The first-order valence-corrected chi connectivity index (χ1v) is 5.09. The predicted molar refractivity (Wildman–Crippen MR) is 59.1 cm³/mol. The molecule has 1 amide bonds. The molecule has 0 aromatic carbocycles. The van der Waals surface area contributed by atoms with Crippen LogP contribution in [0.5, 0.6) is 0 Å². The smallest absolute Gasteiger partial charge is 0.270 e. The van der Waals surface area contributed by atoms with Crippen LogP contribution in [0, 0.1) is 0 Å². The highest BCUT2D eigenvalue weighted by Gasteiger charge is 2.13. The Labute approximate surface area is 94.5 Å². The van der Waals surface area contributed by atoms with E-state index in [1.165, 1.54) is 0 Å². The van der Waals surface area contributed by atoms with E-state index in [4.69, 9.17) is 9.84 Å². The molecular formula is C11H16N2O3. The van der Waals surface area contributed by atoms with Gasteiger partial charge in [-0.2, -0.15) is 0 Å². The lowest BCUT2D eigenvalue weighted by atomic mass is 10.2. The summed E-state index contributed by atoms with van der Waals surface area (Å²) in [6.07, 6.45) is 2.03. The standard InChI is InChI=1S/C11H16N2O3/c1-16-8-9(5-7-14)13-11(15)10-4-2-3-6-12-10/h2-4,6,9,14H,5,7-8H2,1H3,(H,13,15). The lowest BCUT2D eigenvalue weighted by Gasteiger charge is -2.16. The maximum absolute atomic E-state index is 11.7. The van der Waals surface area contributed by atoms with Gasteiger partial charge < -0.3 is 15.2 Å². The van der Waals surface area contributed by atoms with Crippen molar-refractivity contribution < 1.29 is 14.6 Å². The predicted octanol–water partition coefficient (Wildman–Crippen LogP) is 0.209. The van der Waals surface area contributed by atoms with Gasteiger partial charge in [-0.25, -0.2) is 0 Å². The summed E-state index contributed by atoms with van der Waals surface area (Å²) in [6.45, 7) is 0.385. The summed E-state index contributed by atoms with van der Waals surface area (Å²) in [5, 5.41) is 11.6. The van der Waals surface area contributed by atoms with Gasteiger partial charge in [0.25, 0.3) is 5.91 Å². The normalized spacial score (nSPS) is 12.1. The summed E-state index contributed by atoms with van der Waals surface area (Å²) in [7, 11) is 1.55. The van der Waals surface area contributed by atoms with Crippen molar-refractivity contribution in [2.45, 2.75) is 12.5 Å². The van der Waals surface area contributed by atoms with Crippen molar-refractivity contribution in [1.29, 1.82) is 0 Å². The summed E-state index contributed by atoms with van der Waals surface area (Å²) >= 11 is 0. The molecule has 88 valence electrons. The van der Waals surface area contributed by atoms with Crippen molar-refractivity contribution >= 4 is 5.91 Å². The van der Waals surface area contributed by atoms with E-state index in [2.05, 4.69) is 10.3 Å². The van der Waals surface area contributed by atoms with Gasteiger partial charge in [0.05, 0.1) is 12.6 Å². The number of carbonyl (C=O) groups is 1. The van der Waals surface area contributed by atoms with Gasteiger partial charge in [0.15, 0.2) is 0 Å². The maximum atomic E-state index is 11.7. The number of aliphatic hydroxyl groups is 1. The molecule has 1 heterocycles. The molecule has 1 rings (SSSR count). The Hall–Kier alpha value is -1.46. The van der Waals surface area contributed by atoms with Gasteiger partial charge in [-0.1, -0.05) is 6.07 Å². The second-order valence-electron chi connectivity index (χ2n) is 3.35. The Morgan fingerprint density at radius 1 is 1.62 bits per heavy atom. The fourth-order valence-corrected chi connectivity index (χ4v) is 1.31. The molecule has 0 spiro atoms. The first kappa shape index (κ1) is 12.6. The van der Waals surface area contributed by atoms with Crippen molar-refractivity contribution in [3.05, 3.63) is 30.1 Å². The van der Waals surface area contributed by atoms with Gasteiger partial charge in [0.2, 0.25) is 0 Å². The third-order valence-electron chi connectivity index (χ3n) is 2.08. The third-order valence-corrected chi connectivity index (χ3v) is 2.08. The van der Waals surface area contributed by atoms with Crippen LogP contribution >= 0.6 is 0 Å². The molecule has 0 aliphatic rings. The molecule has 0 saturated heterocycles. The summed E-state index contributed by atoms with van der Waals surface area (Å²) in [6, 6.07) is 4.94. The number of hydrogen-bond acceptors (Lipinski definition) is 4. The number of rotatable bonds is 6. The number of ether oxygens (including phenoxy) is 1. The summed E-state index contributed by atoms with van der Waals surface area (Å²) < 4.78 is 4.95. The van der Waals surface area contributed by atoms with Gasteiger partial charge >= 0.3 is 0 Å². The number of pyridine rings is 1. The molecule has 2 N–H and O–H groups in total. The fourth-order valence-electron chi connectivity index (χ4n) is 1.31. The Balaban J connectivity index is 2.54. The largest absolute Gasteiger partial charge is 0.396 e. The van der Waals surface area contributed by atoms with E-state index in [0.717, 1.165) is 0 Å². The van der Waals surface area contributed by atoms with Crippen LogP contribution in [-0.4, -0.2) is 42.4 Å². The zero-order valence-electron chi connectivity index (χ0n) is 9.22. The highest BCUT2D eigenvalue weighted by atomic mass is 16.5. The third kappa shape index (κ3) is 3.96. The van der Waals surface area contributed by atoms with Gasteiger partial charge in [-0.3, -0.25) is 9.78 Å². The number of methoxy groups -OCH3 is 1. The summed E-state index contributed by atoms with van der Waals surface area (Å²) in [4.78, 5) is 15.6. The second-order valence-corrected chi connectivity index (χ2v) is 3.35. The van der Waals surface area contributed by atoms with E-state index in [1.54, 1.807) is 31.5 Å². The Kier molecular flexibility index (Phi) is 5.45. The van der Waals surface area contributed by atoms with Crippen LogP contribution in [0.25, 0.3) is 0 Å². The highest BCUT2D eigenvalue weighted by molar-refractivity contribution is 5.92. The minimum absolute atomic E-state index is 0.0104. The Bertz CT molecular complexity index is 310. The molecule has 5 heteroatoms. The molecule has 0 saturated carbocycles. The number of hydrogen-bond donors (Lipinski definition) is 2. The van der Waals surface area contributed by atoms with Crippen LogP contribution in [0.15, 0.2) is 24.4 Å². The van der Waals surface area contributed by atoms with E-state index in [0.29, 0.717) is 18.7 Å². The van der Waals surface area contributed by atoms with Crippen LogP contribution in [0.2, 0.25) is 0 Å². The Morgan fingerprint density at radius 3 is 3.00 bits per heavy atom. The van der Waals surface area contributed by atoms with Crippen LogP contribution in [0.1, 0.15) is 16.9 Å². The molecule has 1 aromatic rings. The van der Waals surface area contributed by atoms with Crippen molar-refractivity contribution in [3.8, 4) is 0 Å². The van der Waals surface area contributed by atoms with Crippen LogP contribution < -0.4 is 5.32 Å².